The van der Waals surface area contributed by atoms with Gasteiger partial charge < -0.3 is 14.3 Å². The summed E-state index contributed by atoms with van der Waals surface area (Å²) in [4.78, 5) is 23.5. The average Bonchev–Trinajstić information content (AvgIpc) is 3.12. The van der Waals surface area contributed by atoms with Crippen LogP contribution in [0.3, 0.4) is 0 Å². The van der Waals surface area contributed by atoms with Crippen LogP contribution in [0.2, 0.25) is 0 Å². The first kappa shape index (κ1) is 15.8. The molecule has 4 aromatic rings. The second-order valence-electron chi connectivity index (χ2n) is 5.52. The Morgan fingerprint density at radius 2 is 1.88 bits per heavy atom. The van der Waals surface area contributed by atoms with Crippen molar-refractivity contribution in [3.05, 3.63) is 82.6 Å². The fourth-order valence-electron chi connectivity index (χ4n) is 2.51. The quantitative estimate of drug-likeness (QED) is 0.568. The van der Waals surface area contributed by atoms with Gasteiger partial charge >= 0.3 is 5.63 Å². The van der Waals surface area contributed by atoms with Crippen LogP contribution in [-0.4, -0.2) is 11.1 Å². The number of rotatable bonds is 3. The third-order valence-corrected chi connectivity index (χ3v) is 3.76. The van der Waals surface area contributed by atoms with E-state index < -0.39 is 17.3 Å². The molecule has 2 heterocycles. The van der Waals surface area contributed by atoms with Crippen LogP contribution in [0.25, 0.3) is 22.3 Å². The average molecular weight is 350 g/mol. The second kappa shape index (κ2) is 6.29. The molecule has 0 aliphatic rings. The van der Waals surface area contributed by atoms with E-state index in [1.54, 1.807) is 36.4 Å². The van der Waals surface area contributed by atoms with Crippen LogP contribution in [0.5, 0.6) is 0 Å². The second-order valence-corrected chi connectivity index (χ2v) is 5.52. The summed E-state index contributed by atoms with van der Waals surface area (Å²) < 4.78 is 23.9. The molecule has 26 heavy (non-hydrogen) atoms. The highest BCUT2D eigenvalue weighted by molar-refractivity contribution is 6.04. The number of benzene rings is 2. The monoisotopic (exact) mass is 350 g/mol. The molecule has 0 bridgehead atoms. The molecular formula is C19H11FN2O4. The number of anilines is 1. The van der Waals surface area contributed by atoms with Crippen molar-refractivity contribution < 1.29 is 18.1 Å². The number of hydrogen-bond acceptors (Lipinski definition) is 5. The number of carbonyl (C=O) groups excluding carboxylic acids is 1. The molecular weight excluding hydrogens is 339 g/mol. The van der Waals surface area contributed by atoms with Gasteiger partial charge in [-0.25, -0.2) is 9.18 Å². The lowest BCUT2D eigenvalue weighted by atomic mass is 10.1. The summed E-state index contributed by atoms with van der Waals surface area (Å²) in [5, 5.41) is 7.02. The van der Waals surface area contributed by atoms with Crippen LogP contribution in [-0.2, 0) is 0 Å². The molecule has 0 saturated carbocycles. The van der Waals surface area contributed by atoms with Gasteiger partial charge in [0.1, 0.15) is 11.4 Å². The van der Waals surface area contributed by atoms with Gasteiger partial charge in [0.2, 0.25) is 0 Å². The van der Waals surface area contributed by atoms with Gasteiger partial charge in [-0.1, -0.05) is 17.3 Å². The van der Waals surface area contributed by atoms with E-state index >= 15 is 0 Å². The Bertz CT molecular complexity index is 1180. The molecule has 6 nitrogen and oxygen atoms in total. The summed E-state index contributed by atoms with van der Waals surface area (Å²) >= 11 is 0. The van der Waals surface area contributed by atoms with E-state index in [9.17, 15) is 14.0 Å². The summed E-state index contributed by atoms with van der Waals surface area (Å²) in [6.45, 7) is 0. The van der Waals surface area contributed by atoms with E-state index in [0.29, 0.717) is 16.7 Å². The molecule has 0 aliphatic carbocycles. The molecule has 128 valence electrons. The molecule has 0 fully saturated rings. The van der Waals surface area contributed by atoms with Crippen LogP contribution in [0, 0.1) is 5.82 Å². The first-order valence-electron chi connectivity index (χ1n) is 7.67. The summed E-state index contributed by atoms with van der Waals surface area (Å²) in [6, 6.07) is 15.2. The van der Waals surface area contributed by atoms with E-state index in [1.165, 1.54) is 24.3 Å². The summed E-state index contributed by atoms with van der Waals surface area (Å²) in [7, 11) is 0. The molecule has 2 aromatic heterocycles. The van der Waals surface area contributed by atoms with Crippen molar-refractivity contribution in [2.75, 3.05) is 5.32 Å². The zero-order valence-electron chi connectivity index (χ0n) is 13.2. The first-order chi connectivity index (χ1) is 12.6. The molecule has 1 N–H and O–H groups in total. The number of nitrogens with zero attached hydrogens (tertiary/aromatic N) is 1. The molecule has 1 amide bonds. The first-order valence-corrected chi connectivity index (χ1v) is 7.67. The fraction of sp³-hybridized carbons (Fsp3) is 0. The Balaban J connectivity index is 1.58. The summed E-state index contributed by atoms with van der Waals surface area (Å²) in [5.41, 5.74) is 0.700. The lowest BCUT2D eigenvalue weighted by molar-refractivity contribution is 0.101. The number of carbonyl (C=O) groups is 1. The molecule has 0 atom stereocenters. The van der Waals surface area contributed by atoms with E-state index in [-0.39, 0.29) is 17.0 Å². The van der Waals surface area contributed by atoms with Gasteiger partial charge in [-0.15, -0.1) is 0 Å². The maximum Gasteiger partial charge on any atom is 0.336 e. The van der Waals surface area contributed by atoms with Crippen LogP contribution < -0.4 is 10.9 Å². The summed E-state index contributed by atoms with van der Waals surface area (Å²) in [6.07, 6.45) is 0. The van der Waals surface area contributed by atoms with Gasteiger partial charge in [0, 0.05) is 23.2 Å². The van der Waals surface area contributed by atoms with Crippen molar-refractivity contribution in [2.45, 2.75) is 0 Å². The van der Waals surface area contributed by atoms with Crippen LogP contribution in [0.15, 0.2) is 74.4 Å². The van der Waals surface area contributed by atoms with Crippen LogP contribution in [0.1, 0.15) is 10.5 Å². The number of aromatic nitrogens is 1. The maximum absolute atomic E-state index is 13.8. The third kappa shape index (κ3) is 2.98. The van der Waals surface area contributed by atoms with Crippen LogP contribution >= 0.6 is 0 Å². The highest BCUT2D eigenvalue weighted by Crippen LogP contribution is 2.24. The van der Waals surface area contributed by atoms with Gasteiger partial charge in [0.15, 0.2) is 11.5 Å². The van der Waals surface area contributed by atoms with Gasteiger partial charge in [-0.3, -0.25) is 4.79 Å². The van der Waals surface area contributed by atoms with Gasteiger partial charge in [-0.05, 0) is 36.4 Å². The SMILES string of the molecule is O=C(Nc1ccc2oc(=O)ccc2c1)c1cc(-c2ccccc2F)on1. The number of halogens is 1. The molecule has 0 aliphatic heterocycles. The smallest absolute Gasteiger partial charge is 0.336 e. The minimum Gasteiger partial charge on any atom is -0.423 e. The molecule has 0 spiro atoms. The van der Waals surface area contributed by atoms with E-state index in [4.69, 9.17) is 8.94 Å². The zero-order chi connectivity index (χ0) is 18.1. The molecule has 0 unspecified atom stereocenters. The number of hydrogen-bond donors (Lipinski definition) is 1. The van der Waals surface area contributed by atoms with Crippen molar-refractivity contribution in [3.8, 4) is 11.3 Å². The van der Waals surface area contributed by atoms with E-state index in [2.05, 4.69) is 10.5 Å². The van der Waals surface area contributed by atoms with Crippen LogP contribution in [0.4, 0.5) is 10.1 Å². The highest BCUT2D eigenvalue weighted by atomic mass is 19.1. The molecule has 0 saturated heterocycles. The Morgan fingerprint density at radius 3 is 2.73 bits per heavy atom. The van der Waals surface area contributed by atoms with Crippen molar-refractivity contribution in [3.63, 3.8) is 0 Å². The maximum atomic E-state index is 13.8. The van der Waals surface area contributed by atoms with Crippen molar-refractivity contribution >= 4 is 22.6 Å². The zero-order valence-corrected chi connectivity index (χ0v) is 13.2. The molecule has 2 aromatic carbocycles. The minimum absolute atomic E-state index is 0.0166. The molecule has 4 rings (SSSR count). The Kier molecular flexibility index (Phi) is 3.81. The van der Waals surface area contributed by atoms with Gasteiger partial charge in [0.25, 0.3) is 5.91 Å². The van der Waals surface area contributed by atoms with Crippen molar-refractivity contribution in [1.82, 2.24) is 5.16 Å². The number of fused-ring (bicyclic) bond motifs is 1. The Morgan fingerprint density at radius 1 is 1.04 bits per heavy atom. The van der Waals surface area contributed by atoms with Crippen molar-refractivity contribution in [1.29, 1.82) is 0 Å². The highest BCUT2D eigenvalue weighted by Gasteiger charge is 2.16. The molecule has 7 heteroatoms. The third-order valence-electron chi connectivity index (χ3n) is 3.76. The Hall–Kier alpha value is -3.74. The number of amides is 1. The van der Waals surface area contributed by atoms with Crippen molar-refractivity contribution in [2.24, 2.45) is 0 Å². The lowest BCUT2D eigenvalue weighted by Gasteiger charge is -2.03. The van der Waals surface area contributed by atoms with Gasteiger partial charge in [-0.2, -0.15) is 0 Å². The molecule has 0 radical (unpaired) electrons. The summed E-state index contributed by atoms with van der Waals surface area (Å²) in [5.74, 6) is -0.812. The standard InChI is InChI=1S/C19H11FN2O4/c20-14-4-2-1-3-13(14)17-10-15(22-26-17)19(24)21-12-6-7-16-11(9-12)5-8-18(23)25-16/h1-10H,(H,21,24). The van der Waals surface area contributed by atoms with Gasteiger partial charge in [0.05, 0.1) is 5.56 Å². The van der Waals surface area contributed by atoms with E-state index in [0.717, 1.165) is 0 Å². The largest absolute Gasteiger partial charge is 0.423 e. The van der Waals surface area contributed by atoms with E-state index in [1.807, 2.05) is 0 Å². The fourth-order valence-corrected chi connectivity index (χ4v) is 2.51. The normalized spacial score (nSPS) is 10.8. The minimum atomic E-state index is -0.506. The topological polar surface area (TPSA) is 85.3 Å². The predicted octanol–water partition coefficient (Wildman–Crippen LogP) is 3.84. The Labute approximate surface area is 145 Å². The predicted molar refractivity (Wildman–Crippen MR) is 92.3 cm³/mol. The lowest BCUT2D eigenvalue weighted by Crippen LogP contribution is -2.12. The number of nitrogens with one attached hydrogen (secondary N) is 1.